The lowest BCUT2D eigenvalue weighted by Gasteiger charge is -2.24. The molecule has 4 nitrogen and oxygen atoms in total. The van der Waals surface area contributed by atoms with Crippen molar-refractivity contribution in [3.63, 3.8) is 0 Å². The van der Waals surface area contributed by atoms with Crippen LogP contribution in [0.1, 0.15) is 31.9 Å². The Hall–Kier alpha value is -1.10. The molecule has 0 aliphatic carbocycles. The highest BCUT2D eigenvalue weighted by molar-refractivity contribution is 5.44. The summed E-state index contributed by atoms with van der Waals surface area (Å²) in [6.07, 6.45) is 0. The van der Waals surface area contributed by atoms with E-state index in [2.05, 4.69) is 51.2 Å². The maximum absolute atomic E-state index is 5.97. The number of methoxy groups -OCH3 is 1. The molecule has 0 aromatic heterocycles. The lowest BCUT2D eigenvalue weighted by atomic mass is 9.85. The van der Waals surface area contributed by atoms with Gasteiger partial charge in [0.25, 0.3) is 0 Å². The van der Waals surface area contributed by atoms with Crippen molar-refractivity contribution in [3.8, 4) is 5.75 Å². The number of para-hydroxylation sites is 1. The molecule has 0 heterocycles. The SMILES string of the molecule is COCCNCCOCCOc1c(C)cccc1C(C)(C)C. The van der Waals surface area contributed by atoms with Gasteiger partial charge in [0, 0.05) is 20.2 Å². The fourth-order valence-corrected chi connectivity index (χ4v) is 2.18. The molecule has 1 aromatic rings. The summed E-state index contributed by atoms with van der Waals surface area (Å²) in [5.74, 6) is 0.997. The molecule has 1 aromatic carbocycles. The summed E-state index contributed by atoms with van der Waals surface area (Å²) in [5.41, 5.74) is 2.50. The lowest BCUT2D eigenvalue weighted by Crippen LogP contribution is -2.24. The molecule has 0 fully saturated rings. The minimum atomic E-state index is 0.0769. The Kier molecular flexibility index (Phi) is 8.46. The van der Waals surface area contributed by atoms with Gasteiger partial charge in [-0.05, 0) is 23.5 Å². The third-order valence-electron chi connectivity index (χ3n) is 3.40. The third kappa shape index (κ3) is 6.77. The molecule has 1 rings (SSSR count). The van der Waals surface area contributed by atoms with Gasteiger partial charge in [-0.2, -0.15) is 0 Å². The van der Waals surface area contributed by atoms with Gasteiger partial charge in [0.1, 0.15) is 12.4 Å². The van der Waals surface area contributed by atoms with Crippen molar-refractivity contribution in [1.29, 1.82) is 0 Å². The third-order valence-corrected chi connectivity index (χ3v) is 3.40. The predicted octanol–water partition coefficient (Wildman–Crippen LogP) is 2.92. The van der Waals surface area contributed by atoms with Crippen LogP contribution in [-0.4, -0.2) is 46.6 Å². The Bertz CT molecular complexity index is 427. The fraction of sp³-hybridized carbons (Fsp3) is 0.667. The number of hydrogen-bond acceptors (Lipinski definition) is 4. The van der Waals surface area contributed by atoms with E-state index in [1.807, 2.05) is 0 Å². The molecule has 0 saturated heterocycles. The van der Waals surface area contributed by atoms with Gasteiger partial charge < -0.3 is 19.5 Å². The highest BCUT2D eigenvalue weighted by atomic mass is 16.5. The molecule has 1 N–H and O–H groups in total. The van der Waals surface area contributed by atoms with E-state index in [-0.39, 0.29) is 5.41 Å². The van der Waals surface area contributed by atoms with E-state index < -0.39 is 0 Å². The standard InChI is InChI=1S/C18H31NO3/c1-15-7-6-8-16(18(2,3)4)17(15)22-14-13-21-12-10-19-9-11-20-5/h6-8,19H,9-14H2,1-5H3. The molecule has 0 amide bonds. The second kappa shape index (κ2) is 9.82. The van der Waals surface area contributed by atoms with Crippen molar-refractivity contribution in [1.82, 2.24) is 5.32 Å². The van der Waals surface area contributed by atoms with Crippen LogP contribution in [0, 0.1) is 6.92 Å². The van der Waals surface area contributed by atoms with E-state index in [0.717, 1.165) is 25.4 Å². The van der Waals surface area contributed by atoms with Crippen LogP contribution < -0.4 is 10.1 Å². The number of ether oxygens (including phenoxy) is 3. The average Bonchev–Trinajstić information content (AvgIpc) is 2.45. The molecule has 0 aliphatic heterocycles. The zero-order valence-corrected chi connectivity index (χ0v) is 14.7. The molecule has 0 bridgehead atoms. The Morgan fingerprint density at radius 2 is 1.73 bits per heavy atom. The minimum absolute atomic E-state index is 0.0769. The van der Waals surface area contributed by atoms with E-state index in [1.54, 1.807) is 7.11 Å². The molecule has 0 aliphatic rings. The molecule has 22 heavy (non-hydrogen) atoms. The van der Waals surface area contributed by atoms with E-state index >= 15 is 0 Å². The number of hydrogen-bond donors (Lipinski definition) is 1. The van der Waals surface area contributed by atoms with Crippen molar-refractivity contribution in [2.24, 2.45) is 0 Å². The van der Waals surface area contributed by atoms with Crippen molar-refractivity contribution < 1.29 is 14.2 Å². The lowest BCUT2D eigenvalue weighted by molar-refractivity contribution is 0.0993. The maximum atomic E-state index is 5.97. The molecule has 4 heteroatoms. The Morgan fingerprint density at radius 3 is 2.41 bits per heavy atom. The van der Waals surface area contributed by atoms with E-state index in [4.69, 9.17) is 14.2 Å². The monoisotopic (exact) mass is 309 g/mol. The number of nitrogens with one attached hydrogen (secondary N) is 1. The first-order valence-electron chi connectivity index (χ1n) is 7.97. The molecule has 0 spiro atoms. The van der Waals surface area contributed by atoms with E-state index in [9.17, 15) is 0 Å². The summed E-state index contributed by atoms with van der Waals surface area (Å²) >= 11 is 0. The quantitative estimate of drug-likeness (QED) is 0.675. The van der Waals surface area contributed by atoms with Crippen LogP contribution in [-0.2, 0) is 14.9 Å². The van der Waals surface area contributed by atoms with Gasteiger partial charge in [0.05, 0.1) is 19.8 Å². The maximum Gasteiger partial charge on any atom is 0.126 e. The van der Waals surface area contributed by atoms with Crippen LogP contribution >= 0.6 is 0 Å². The Balaban J connectivity index is 2.31. The van der Waals surface area contributed by atoms with Gasteiger partial charge in [-0.25, -0.2) is 0 Å². The zero-order valence-electron chi connectivity index (χ0n) is 14.7. The number of aryl methyl sites for hydroxylation is 1. The van der Waals surface area contributed by atoms with Crippen LogP contribution in [0.3, 0.4) is 0 Å². The van der Waals surface area contributed by atoms with E-state index in [0.29, 0.717) is 19.8 Å². The first-order chi connectivity index (χ1) is 10.5. The van der Waals surface area contributed by atoms with Crippen molar-refractivity contribution >= 4 is 0 Å². The summed E-state index contributed by atoms with van der Waals surface area (Å²) in [4.78, 5) is 0. The first kappa shape index (κ1) is 18.9. The summed E-state index contributed by atoms with van der Waals surface area (Å²) in [6, 6.07) is 6.32. The molecule has 0 unspecified atom stereocenters. The Morgan fingerprint density at radius 1 is 1.00 bits per heavy atom. The number of benzene rings is 1. The van der Waals surface area contributed by atoms with Gasteiger partial charge in [0.2, 0.25) is 0 Å². The normalized spacial score (nSPS) is 11.7. The largest absolute Gasteiger partial charge is 0.491 e. The summed E-state index contributed by atoms with van der Waals surface area (Å²) in [5, 5.41) is 3.24. The van der Waals surface area contributed by atoms with Crippen LogP contribution in [0.4, 0.5) is 0 Å². The summed E-state index contributed by atoms with van der Waals surface area (Å²) in [6.45, 7) is 13.0. The number of rotatable bonds is 10. The zero-order chi connectivity index (χ0) is 16.4. The highest BCUT2D eigenvalue weighted by Gasteiger charge is 2.19. The fourth-order valence-electron chi connectivity index (χ4n) is 2.18. The van der Waals surface area contributed by atoms with E-state index in [1.165, 1.54) is 11.1 Å². The van der Waals surface area contributed by atoms with Gasteiger partial charge in [-0.1, -0.05) is 39.0 Å². The molecular formula is C18H31NO3. The minimum Gasteiger partial charge on any atom is -0.491 e. The molecule has 126 valence electrons. The van der Waals surface area contributed by atoms with Gasteiger partial charge in [-0.3, -0.25) is 0 Å². The predicted molar refractivity (Wildman–Crippen MR) is 90.9 cm³/mol. The summed E-state index contributed by atoms with van der Waals surface area (Å²) in [7, 11) is 1.70. The first-order valence-corrected chi connectivity index (χ1v) is 7.97. The molecule has 0 radical (unpaired) electrons. The average molecular weight is 309 g/mol. The van der Waals surface area contributed by atoms with Gasteiger partial charge >= 0.3 is 0 Å². The van der Waals surface area contributed by atoms with Crippen LogP contribution in [0.15, 0.2) is 18.2 Å². The Labute approximate surface area is 135 Å². The van der Waals surface area contributed by atoms with Crippen LogP contribution in [0.25, 0.3) is 0 Å². The van der Waals surface area contributed by atoms with Crippen LogP contribution in [0.2, 0.25) is 0 Å². The van der Waals surface area contributed by atoms with Gasteiger partial charge in [-0.15, -0.1) is 0 Å². The molecule has 0 atom stereocenters. The molecular weight excluding hydrogens is 278 g/mol. The smallest absolute Gasteiger partial charge is 0.126 e. The highest BCUT2D eigenvalue weighted by Crippen LogP contribution is 2.33. The summed E-state index contributed by atoms with van der Waals surface area (Å²) < 4.78 is 16.5. The van der Waals surface area contributed by atoms with Crippen molar-refractivity contribution in [2.75, 3.05) is 46.6 Å². The topological polar surface area (TPSA) is 39.7 Å². The molecule has 0 saturated carbocycles. The second-order valence-corrected chi connectivity index (χ2v) is 6.41. The second-order valence-electron chi connectivity index (χ2n) is 6.41. The van der Waals surface area contributed by atoms with Crippen molar-refractivity contribution in [2.45, 2.75) is 33.1 Å². The van der Waals surface area contributed by atoms with Gasteiger partial charge in [0.15, 0.2) is 0 Å². The van der Waals surface area contributed by atoms with Crippen LogP contribution in [0.5, 0.6) is 5.75 Å². The van der Waals surface area contributed by atoms with Crippen molar-refractivity contribution in [3.05, 3.63) is 29.3 Å².